The van der Waals surface area contributed by atoms with Gasteiger partial charge in [0.2, 0.25) is 0 Å². The molecule has 108 valence electrons. The Kier molecular flexibility index (Phi) is 5.15. The first-order valence-corrected chi connectivity index (χ1v) is 6.65. The summed E-state index contributed by atoms with van der Waals surface area (Å²) >= 11 is 0. The summed E-state index contributed by atoms with van der Waals surface area (Å²) < 4.78 is 5.12. The number of alkyl carbamates (subject to hydrolysis) is 1. The highest BCUT2D eigenvalue weighted by molar-refractivity contribution is 5.67. The van der Waals surface area contributed by atoms with Crippen LogP contribution >= 0.6 is 0 Å². The van der Waals surface area contributed by atoms with Gasteiger partial charge in [0.15, 0.2) is 0 Å². The normalized spacial score (nSPS) is 25.8. The molecule has 1 aromatic carbocycles. The SMILES string of the molecule is O=C(N[C@@H]1CC=C[C@@H](O)[C@H](O)C1)OCc1ccccc1. The summed E-state index contributed by atoms with van der Waals surface area (Å²) in [4.78, 5) is 11.7. The Bertz CT molecular complexity index is 460. The minimum absolute atomic E-state index is 0.209. The second kappa shape index (κ2) is 7.07. The lowest BCUT2D eigenvalue weighted by atomic mass is 10.1. The van der Waals surface area contributed by atoms with Gasteiger partial charge in [0, 0.05) is 6.04 Å². The number of hydrogen-bond acceptors (Lipinski definition) is 4. The van der Waals surface area contributed by atoms with Crippen LogP contribution < -0.4 is 5.32 Å². The highest BCUT2D eigenvalue weighted by atomic mass is 16.5. The van der Waals surface area contributed by atoms with Crippen LogP contribution in [0, 0.1) is 0 Å². The van der Waals surface area contributed by atoms with Crippen molar-refractivity contribution in [2.24, 2.45) is 0 Å². The van der Waals surface area contributed by atoms with Gasteiger partial charge in [-0.1, -0.05) is 42.5 Å². The Morgan fingerprint density at radius 2 is 2.05 bits per heavy atom. The molecule has 3 N–H and O–H groups in total. The second-order valence-electron chi connectivity index (χ2n) is 4.86. The number of carbonyl (C=O) groups is 1. The van der Waals surface area contributed by atoms with Gasteiger partial charge in [0.25, 0.3) is 0 Å². The zero-order chi connectivity index (χ0) is 14.4. The number of hydrogen-bond donors (Lipinski definition) is 3. The van der Waals surface area contributed by atoms with Crippen LogP contribution in [0.25, 0.3) is 0 Å². The van der Waals surface area contributed by atoms with Gasteiger partial charge in [0.05, 0.1) is 12.2 Å². The number of aliphatic hydroxyl groups excluding tert-OH is 2. The minimum atomic E-state index is -0.873. The molecule has 0 bridgehead atoms. The van der Waals surface area contributed by atoms with Crippen molar-refractivity contribution < 1.29 is 19.7 Å². The summed E-state index contributed by atoms with van der Waals surface area (Å²) in [6, 6.07) is 9.17. The first-order valence-electron chi connectivity index (χ1n) is 6.65. The average Bonchev–Trinajstić information content (AvgIpc) is 2.60. The van der Waals surface area contributed by atoms with Crippen LogP contribution in [0.15, 0.2) is 42.5 Å². The average molecular weight is 277 g/mol. The fourth-order valence-corrected chi connectivity index (χ4v) is 2.09. The smallest absolute Gasteiger partial charge is 0.407 e. The quantitative estimate of drug-likeness (QED) is 0.729. The Balaban J connectivity index is 1.78. The van der Waals surface area contributed by atoms with Gasteiger partial charge in [-0.25, -0.2) is 4.79 Å². The third-order valence-corrected chi connectivity index (χ3v) is 3.21. The maximum atomic E-state index is 11.7. The largest absolute Gasteiger partial charge is 0.445 e. The van der Waals surface area contributed by atoms with Gasteiger partial charge in [-0.15, -0.1) is 0 Å². The molecule has 1 aliphatic carbocycles. The van der Waals surface area contributed by atoms with Crippen LogP contribution in [0.1, 0.15) is 18.4 Å². The summed E-state index contributed by atoms with van der Waals surface area (Å²) in [6.07, 6.45) is 1.90. The van der Waals surface area contributed by atoms with Crippen LogP contribution in [0.3, 0.4) is 0 Å². The molecule has 0 aliphatic heterocycles. The van der Waals surface area contributed by atoms with Crippen molar-refractivity contribution >= 4 is 6.09 Å². The summed E-state index contributed by atoms with van der Waals surface area (Å²) in [6.45, 7) is 0.209. The third kappa shape index (κ3) is 4.36. The monoisotopic (exact) mass is 277 g/mol. The van der Waals surface area contributed by atoms with Gasteiger partial charge in [0.1, 0.15) is 6.61 Å². The highest BCUT2D eigenvalue weighted by Crippen LogP contribution is 2.13. The standard InChI is InChI=1S/C15H19NO4/c17-13-8-4-7-12(9-14(13)18)16-15(19)20-10-11-5-2-1-3-6-11/h1-6,8,12-14,17-18H,7,9-10H2,(H,16,19)/t12-,13-,14-/m1/s1. The van der Waals surface area contributed by atoms with E-state index in [1.54, 1.807) is 12.2 Å². The van der Waals surface area contributed by atoms with E-state index in [1.807, 2.05) is 30.3 Å². The number of benzene rings is 1. The summed E-state index contributed by atoms with van der Waals surface area (Å²) in [5.74, 6) is 0. The lowest BCUT2D eigenvalue weighted by Gasteiger charge is -2.19. The van der Waals surface area contributed by atoms with E-state index in [9.17, 15) is 15.0 Å². The minimum Gasteiger partial charge on any atom is -0.445 e. The van der Waals surface area contributed by atoms with E-state index in [0.29, 0.717) is 12.8 Å². The molecule has 1 aromatic rings. The van der Waals surface area contributed by atoms with Gasteiger partial charge < -0.3 is 20.3 Å². The molecule has 0 radical (unpaired) electrons. The second-order valence-corrected chi connectivity index (χ2v) is 4.86. The maximum Gasteiger partial charge on any atom is 0.407 e. The van der Waals surface area contributed by atoms with Crippen LogP contribution in [-0.2, 0) is 11.3 Å². The fourth-order valence-electron chi connectivity index (χ4n) is 2.09. The highest BCUT2D eigenvalue weighted by Gasteiger charge is 2.23. The molecular weight excluding hydrogens is 258 g/mol. The predicted octanol–water partition coefficient (Wildman–Crippen LogP) is 1.35. The molecule has 5 nitrogen and oxygen atoms in total. The first kappa shape index (κ1) is 14.6. The first-order chi connectivity index (χ1) is 9.65. The van der Waals surface area contributed by atoms with E-state index in [2.05, 4.69) is 5.32 Å². The Morgan fingerprint density at radius 3 is 2.80 bits per heavy atom. The van der Waals surface area contributed by atoms with Gasteiger partial charge in [-0.2, -0.15) is 0 Å². The molecule has 1 amide bonds. The number of ether oxygens (including phenoxy) is 1. The molecule has 0 saturated carbocycles. The van der Waals surface area contributed by atoms with Crippen LogP contribution in [0.5, 0.6) is 0 Å². The number of amides is 1. The lowest BCUT2D eigenvalue weighted by molar-refractivity contribution is 0.0385. The molecule has 3 atom stereocenters. The van der Waals surface area contributed by atoms with Gasteiger partial charge >= 0.3 is 6.09 Å². The Hall–Kier alpha value is -1.85. The van der Waals surface area contributed by atoms with Crippen LogP contribution in [-0.4, -0.2) is 34.6 Å². The van der Waals surface area contributed by atoms with E-state index in [0.717, 1.165) is 5.56 Å². The number of nitrogens with one attached hydrogen (secondary N) is 1. The molecule has 0 aromatic heterocycles. The van der Waals surface area contributed by atoms with Crippen LogP contribution in [0.2, 0.25) is 0 Å². The van der Waals surface area contributed by atoms with Crippen molar-refractivity contribution in [1.82, 2.24) is 5.32 Å². The molecule has 5 heteroatoms. The molecule has 0 saturated heterocycles. The molecule has 1 aliphatic rings. The van der Waals surface area contributed by atoms with E-state index in [-0.39, 0.29) is 12.6 Å². The molecule has 0 unspecified atom stereocenters. The van der Waals surface area contributed by atoms with Crippen molar-refractivity contribution in [3.05, 3.63) is 48.0 Å². The van der Waals surface area contributed by atoms with E-state index in [4.69, 9.17) is 4.74 Å². The third-order valence-electron chi connectivity index (χ3n) is 3.21. The summed E-state index contributed by atoms with van der Waals surface area (Å²) in [5, 5.41) is 21.8. The zero-order valence-corrected chi connectivity index (χ0v) is 11.1. The molecule has 0 heterocycles. The molecule has 2 rings (SSSR count). The number of rotatable bonds is 3. The molecule has 20 heavy (non-hydrogen) atoms. The van der Waals surface area contributed by atoms with Crippen molar-refractivity contribution in [3.8, 4) is 0 Å². The summed E-state index contributed by atoms with van der Waals surface area (Å²) in [5.41, 5.74) is 0.916. The Labute approximate surface area is 117 Å². The number of carbonyl (C=O) groups excluding carboxylic acids is 1. The Morgan fingerprint density at radius 1 is 1.30 bits per heavy atom. The van der Waals surface area contributed by atoms with E-state index in [1.165, 1.54) is 0 Å². The van der Waals surface area contributed by atoms with E-state index >= 15 is 0 Å². The topological polar surface area (TPSA) is 78.8 Å². The maximum absolute atomic E-state index is 11.7. The van der Waals surface area contributed by atoms with Crippen molar-refractivity contribution in [2.45, 2.75) is 37.7 Å². The van der Waals surface area contributed by atoms with Crippen molar-refractivity contribution in [2.75, 3.05) is 0 Å². The van der Waals surface area contributed by atoms with Gasteiger partial charge in [-0.05, 0) is 18.4 Å². The fraction of sp³-hybridized carbons (Fsp3) is 0.400. The predicted molar refractivity (Wildman–Crippen MR) is 73.9 cm³/mol. The van der Waals surface area contributed by atoms with Crippen LogP contribution in [0.4, 0.5) is 4.79 Å². The molecule has 0 spiro atoms. The molecular formula is C15H19NO4. The van der Waals surface area contributed by atoms with Crippen molar-refractivity contribution in [1.29, 1.82) is 0 Å². The summed E-state index contributed by atoms with van der Waals surface area (Å²) in [7, 11) is 0. The zero-order valence-electron chi connectivity index (χ0n) is 11.1. The van der Waals surface area contributed by atoms with Gasteiger partial charge in [-0.3, -0.25) is 0 Å². The molecule has 0 fully saturated rings. The van der Waals surface area contributed by atoms with Crippen molar-refractivity contribution in [3.63, 3.8) is 0 Å². The van der Waals surface area contributed by atoms with E-state index < -0.39 is 18.3 Å². The number of aliphatic hydroxyl groups is 2. The lowest BCUT2D eigenvalue weighted by Crippen LogP contribution is -2.38.